The Labute approximate surface area is 107 Å². The van der Waals surface area contributed by atoms with Gasteiger partial charge in [0.1, 0.15) is 0 Å². The average molecular weight is 252 g/mol. The number of hydrogen-bond donors (Lipinski definition) is 1. The lowest BCUT2D eigenvalue weighted by molar-refractivity contribution is -0.384. The summed E-state index contributed by atoms with van der Waals surface area (Å²) < 4.78 is 4.98. The van der Waals surface area contributed by atoms with E-state index in [-0.39, 0.29) is 16.7 Å². The van der Waals surface area contributed by atoms with Crippen LogP contribution in [0.4, 0.5) is 5.69 Å². The number of nitrogens with zero attached hydrogens (tertiary/aromatic N) is 1. The molecule has 0 aromatic heterocycles. The van der Waals surface area contributed by atoms with Crippen molar-refractivity contribution in [3.63, 3.8) is 0 Å². The van der Waals surface area contributed by atoms with E-state index in [4.69, 9.17) is 4.74 Å². The van der Waals surface area contributed by atoms with Crippen molar-refractivity contribution in [2.45, 2.75) is 25.8 Å². The number of benzene rings is 1. The van der Waals surface area contributed by atoms with Crippen LogP contribution in [-0.4, -0.2) is 25.2 Å². The zero-order valence-corrected chi connectivity index (χ0v) is 10.9. The molecule has 1 aromatic carbocycles. The average Bonchev–Trinajstić information content (AvgIpc) is 2.39. The smallest absolute Gasteiger partial charge is 0.269 e. The molecule has 0 heterocycles. The van der Waals surface area contributed by atoms with Gasteiger partial charge in [0.25, 0.3) is 5.69 Å². The van der Waals surface area contributed by atoms with Gasteiger partial charge in [-0.3, -0.25) is 10.1 Å². The van der Waals surface area contributed by atoms with Crippen LogP contribution in [0.1, 0.15) is 31.4 Å². The molecule has 1 unspecified atom stereocenters. The first-order valence-corrected chi connectivity index (χ1v) is 6.15. The van der Waals surface area contributed by atoms with Crippen molar-refractivity contribution >= 4 is 5.69 Å². The highest BCUT2D eigenvalue weighted by molar-refractivity contribution is 5.35. The van der Waals surface area contributed by atoms with Gasteiger partial charge in [-0.25, -0.2) is 0 Å². The third-order valence-corrected chi connectivity index (χ3v) is 2.81. The van der Waals surface area contributed by atoms with E-state index in [1.54, 1.807) is 19.2 Å². The summed E-state index contributed by atoms with van der Waals surface area (Å²) in [6, 6.07) is 6.96. The maximum atomic E-state index is 10.7. The highest BCUT2D eigenvalue weighted by atomic mass is 16.6. The highest BCUT2D eigenvalue weighted by Crippen LogP contribution is 2.21. The Morgan fingerprint density at radius 3 is 2.89 bits per heavy atom. The molecule has 0 spiro atoms. The van der Waals surface area contributed by atoms with E-state index in [2.05, 4.69) is 12.2 Å². The monoisotopic (exact) mass is 252 g/mol. The SMILES string of the molecule is CCC(NCCCOC)c1cccc([N+](=O)[O-])c1. The molecule has 5 heteroatoms. The lowest BCUT2D eigenvalue weighted by Gasteiger charge is -2.17. The quantitative estimate of drug-likeness (QED) is 0.439. The van der Waals surface area contributed by atoms with Crippen molar-refractivity contribution < 1.29 is 9.66 Å². The van der Waals surface area contributed by atoms with Gasteiger partial charge in [0.2, 0.25) is 0 Å². The molecule has 1 rings (SSSR count). The fourth-order valence-corrected chi connectivity index (χ4v) is 1.85. The van der Waals surface area contributed by atoms with Crippen LogP contribution < -0.4 is 5.32 Å². The van der Waals surface area contributed by atoms with Crippen molar-refractivity contribution in [1.82, 2.24) is 5.32 Å². The minimum atomic E-state index is -0.360. The number of nitro groups is 1. The van der Waals surface area contributed by atoms with Crippen molar-refractivity contribution in [3.8, 4) is 0 Å². The topological polar surface area (TPSA) is 64.4 Å². The zero-order valence-electron chi connectivity index (χ0n) is 10.9. The van der Waals surface area contributed by atoms with E-state index in [0.29, 0.717) is 0 Å². The molecule has 0 bridgehead atoms. The zero-order chi connectivity index (χ0) is 13.4. The summed E-state index contributed by atoms with van der Waals surface area (Å²) in [6.45, 7) is 3.63. The first kappa shape index (κ1) is 14.6. The Hall–Kier alpha value is -1.46. The molecule has 0 saturated carbocycles. The summed E-state index contributed by atoms with van der Waals surface area (Å²) in [6.07, 6.45) is 1.83. The molecule has 1 N–H and O–H groups in total. The van der Waals surface area contributed by atoms with E-state index in [1.807, 2.05) is 6.07 Å². The van der Waals surface area contributed by atoms with E-state index in [9.17, 15) is 10.1 Å². The Balaban J connectivity index is 2.63. The van der Waals surface area contributed by atoms with E-state index in [0.717, 1.165) is 31.6 Å². The molecule has 1 aromatic rings. The second-order valence-corrected chi connectivity index (χ2v) is 4.11. The van der Waals surface area contributed by atoms with Gasteiger partial charge in [-0.2, -0.15) is 0 Å². The molecular formula is C13H20N2O3. The molecule has 0 fully saturated rings. The van der Waals surface area contributed by atoms with Crippen LogP contribution in [0.25, 0.3) is 0 Å². The van der Waals surface area contributed by atoms with E-state index < -0.39 is 0 Å². The molecule has 0 saturated heterocycles. The lowest BCUT2D eigenvalue weighted by Crippen LogP contribution is -2.22. The normalized spacial score (nSPS) is 12.3. The maximum absolute atomic E-state index is 10.7. The van der Waals surface area contributed by atoms with Crippen molar-refractivity contribution in [1.29, 1.82) is 0 Å². The number of non-ortho nitro benzene ring substituents is 1. The van der Waals surface area contributed by atoms with Crippen LogP contribution >= 0.6 is 0 Å². The molecule has 0 aliphatic carbocycles. The van der Waals surface area contributed by atoms with Gasteiger partial charge < -0.3 is 10.1 Å². The summed E-state index contributed by atoms with van der Waals surface area (Å²) in [4.78, 5) is 10.4. The Kier molecular flexibility index (Phi) is 6.32. The van der Waals surface area contributed by atoms with Gasteiger partial charge in [0.15, 0.2) is 0 Å². The summed E-state index contributed by atoms with van der Waals surface area (Å²) in [5, 5.41) is 14.1. The summed E-state index contributed by atoms with van der Waals surface area (Å²) in [7, 11) is 1.68. The van der Waals surface area contributed by atoms with Gasteiger partial charge in [-0.15, -0.1) is 0 Å². The van der Waals surface area contributed by atoms with Gasteiger partial charge >= 0.3 is 0 Å². The van der Waals surface area contributed by atoms with Crippen LogP contribution in [0.15, 0.2) is 24.3 Å². The minimum absolute atomic E-state index is 0.143. The molecule has 0 radical (unpaired) electrons. The molecular weight excluding hydrogens is 232 g/mol. The van der Waals surface area contributed by atoms with Crippen molar-refractivity contribution in [2.75, 3.05) is 20.3 Å². The first-order valence-electron chi connectivity index (χ1n) is 6.15. The van der Waals surface area contributed by atoms with Gasteiger partial charge in [-0.05, 0) is 24.9 Å². The van der Waals surface area contributed by atoms with E-state index in [1.165, 1.54) is 6.07 Å². The molecule has 18 heavy (non-hydrogen) atoms. The summed E-state index contributed by atoms with van der Waals surface area (Å²) in [5.74, 6) is 0. The highest BCUT2D eigenvalue weighted by Gasteiger charge is 2.12. The number of nitro benzene ring substituents is 1. The third kappa shape index (κ3) is 4.43. The Bertz CT molecular complexity index is 382. The first-order chi connectivity index (χ1) is 8.69. The maximum Gasteiger partial charge on any atom is 0.269 e. The largest absolute Gasteiger partial charge is 0.385 e. The van der Waals surface area contributed by atoms with E-state index >= 15 is 0 Å². The van der Waals surface area contributed by atoms with Gasteiger partial charge in [-0.1, -0.05) is 19.1 Å². The molecule has 0 amide bonds. The van der Waals surface area contributed by atoms with Crippen molar-refractivity contribution in [2.24, 2.45) is 0 Å². The third-order valence-electron chi connectivity index (χ3n) is 2.81. The van der Waals surface area contributed by atoms with Crippen LogP contribution in [0.3, 0.4) is 0 Å². The fraction of sp³-hybridized carbons (Fsp3) is 0.538. The van der Waals surface area contributed by atoms with Gasteiger partial charge in [0, 0.05) is 31.9 Å². The molecule has 1 atom stereocenters. The molecule has 0 aliphatic rings. The van der Waals surface area contributed by atoms with Crippen molar-refractivity contribution in [3.05, 3.63) is 39.9 Å². The number of rotatable bonds is 8. The van der Waals surface area contributed by atoms with Gasteiger partial charge in [0.05, 0.1) is 4.92 Å². The Morgan fingerprint density at radius 2 is 2.28 bits per heavy atom. The number of hydrogen-bond acceptors (Lipinski definition) is 4. The molecule has 5 nitrogen and oxygen atoms in total. The lowest BCUT2D eigenvalue weighted by atomic mass is 10.0. The second-order valence-electron chi connectivity index (χ2n) is 4.11. The van der Waals surface area contributed by atoms with Crippen LogP contribution in [0, 0.1) is 10.1 Å². The number of methoxy groups -OCH3 is 1. The standard InChI is InChI=1S/C13H20N2O3/c1-3-13(14-8-5-9-18-2)11-6-4-7-12(10-11)15(16)17/h4,6-7,10,13-14H,3,5,8-9H2,1-2H3. The van der Waals surface area contributed by atoms with Crippen LogP contribution in [0.2, 0.25) is 0 Å². The minimum Gasteiger partial charge on any atom is -0.385 e. The molecule has 100 valence electrons. The summed E-state index contributed by atoms with van der Waals surface area (Å²) in [5.41, 5.74) is 1.11. The number of ether oxygens (including phenoxy) is 1. The summed E-state index contributed by atoms with van der Waals surface area (Å²) >= 11 is 0. The number of nitrogens with one attached hydrogen (secondary N) is 1. The Morgan fingerprint density at radius 1 is 1.50 bits per heavy atom. The second kappa shape index (κ2) is 7.79. The molecule has 0 aliphatic heterocycles. The van der Waals surface area contributed by atoms with Crippen LogP contribution in [0.5, 0.6) is 0 Å². The predicted molar refractivity (Wildman–Crippen MR) is 70.6 cm³/mol. The fourth-order valence-electron chi connectivity index (χ4n) is 1.85. The predicted octanol–water partition coefficient (Wildman–Crippen LogP) is 2.67. The van der Waals surface area contributed by atoms with Crippen LogP contribution in [-0.2, 0) is 4.74 Å².